The van der Waals surface area contributed by atoms with Gasteiger partial charge in [0.1, 0.15) is 16.5 Å². The molecule has 0 radical (unpaired) electrons. The number of carbonyl (C=O) groups is 1. The lowest BCUT2D eigenvalue weighted by molar-refractivity contribution is -0.151. The SMILES string of the molecule is COc1ccc(OC)c(Nc2cnn(C34C[C@@H]5C[C@@H](CC(CC(=O)O)(C5)C3)C4)c(=O)c2Cl)c1. The predicted octanol–water partition coefficient (Wildman–Crippen LogP) is 4.43. The van der Waals surface area contributed by atoms with E-state index in [1.165, 1.54) is 0 Å². The van der Waals surface area contributed by atoms with Gasteiger partial charge in [0.25, 0.3) is 5.56 Å². The van der Waals surface area contributed by atoms with Crippen molar-refractivity contribution in [3.05, 3.63) is 39.8 Å². The van der Waals surface area contributed by atoms with Crippen LogP contribution in [-0.4, -0.2) is 35.1 Å². The van der Waals surface area contributed by atoms with Gasteiger partial charge in [-0.05, 0) is 67.9 Å². The number of nitrogens with one attached hydrogen (secondary N) is 1. The Labute approximate surface area is 196 Å². The Balaban J connectivity index is 1.50. The molecule has 4 atom stereocenters. The van der Waals surface area contributed by atoms with Gasteiger partial charge in [0.15, 0.2) is 0 Å². The molecule has 2 N–H and O–H groups in total. The van der Waals surface area contributed by atoms with Gasteiger partial charge < -0.3 is 19.9 Å². The Hall–Kier alpha value is -2.74. The zero-order chi connectivity index (χ0) is 23.4. The van der Waals surface area contributed by atoms with Gasteiger partial charge in [0.05, 0.1) is 43.8 Å². The van der Waals surface area contributed by atoms with E-state index in [4.69, 9.17) is 21.1 Å². The third kappa shape index (κ3) is 3.74. The lowest BCUT2D eigenvalue weighted by atomic mass is 9.46. The number of halogens is 1. The first-order valence-electron chi connectivity index (χ1n) is 11.3. The van der Waals surface area contributed by atoms with Crippen LogP contribution >= 0.6 is 11.6 Å². The number of methoxy groups -OCH3 is 2. The summed E-state index contributed by atoms with van der Waals surface area (Å²) >= 11 is 6.57. The van der Waals surface area contributed by atoms with E-state index in [2.05, 4.69) is 10.4 Å². The van der Waals surface area contributed by atoms with Crippen molar-refractivity contribution in [1.82, 2.24) is 9.78 Å². The first-order chi connectivity index (χ1) is 15.8. The Kier molecular flexibility index (Phi) is 5.31. The van der Waals surface area contributed by atoms with E-state index in [9.17, 15) is 14.7 Å². The summed E-state index contributed by atoms with van der Waals surface area (Å²) in [5.74, 6) is 1.30. The Morgan fingerprint density at radius 2 is 1.94 bits per heavy atom. The van der Waals surface area contributed by atoms with Crippen LogP contribution in [-0.2, 0) is 10.3 Å². The molecule has 1 aromatic carbocycles. The molecule has 176 valence electrons. The molecule has 33 heavy (non-hydrogen) atoms. The molecule has 4 bridgehead atoms. The summed E-state index contributed by atoms with van der Waals surface area (Å²) in [7, 11) is 3.13. The molecule has 2 aromatic rings. The maximum Gasteiger partial charge on any atom is 0.303 e. The molecular weight excluding hydrogens is 446 g/mol. The monoisotopic (exact) mass is 473 g/mol. The highest BCUT2D eigenvalue weighted by atomic mass is 35.5. The molecule has 0 aliphatic heterocycles. The minimum absolute atomic E-state index is 0.0536. The van der Waals surface area contributed by atoms with Crippen molar-refractivity contribution in [3.8, 4) is 11.5 Å². The summed E-state index contributed by atoms with van der Waals surface area (Å²) in [5, 5.41) is 17.3. The molecule has 8 nitrogen and oxygen atoms in total. The predicted molar refractivity (Wildman–Crippen MR) is 124 cm³/mol. The Morgan fingerprint density at radius 3 is 2.58 bits per heavy atom. The molecule has 4 aliphatic rings. The third-order valence-electron chi connectivity index (χ3n) is 7.72. The van der Waals surface area contributed by atoms with Crippen molar-refractivity contribution < 1.29 is 19.4 Å². The van der Waals surface area contributed by atoms with Crippen LogP contribution in [0.1, 0.15) is 44.9 Å². The summed E-state index contributed by atoms with van der Waals surface area (Å²) in [6.45, 7) is 0. The van der Waals surface area contributed by atoms with E-state index in [1.54, 1.807) is 43.3 Å². The van der Waals surface area contributed by atoms with Crippen LogP contribution in [0.3, 0.4) is 0 Å². The zero-order valence-corrected chi connectivity index (χ0v) is 19.5. The number of benzene rings is 1. The number of nitrogens with zero attached hydrogens (tertiary/aromatic N) is 2. The quantitative estimate of drug-likeness (QED) is 0.613. The summed E-state index contributed by atoms with van der Waals surface area (Å²) in [5.41, 5.74) is -0.0841. The lowest BCUT2D eigenvalue weighted by Gasteiger charge is -2.61. The molecule has 4 fully saturated rings. The second-order valence-corrected chi connectivity index (χ2v) is 10.4. The Morgan fingerprint density at radius 1 is 1.21 bits per heavy atom. The molecule has 4 saturated carbocycles. The number of rotatable bonds is 7. The van der Waals surface area contributed by atoms with Crippen molar-refractivity contribution in [2.45, 2.75) is 50.5 Å². The van der Waals surface area contributed by atoms with Crippen LogP contribution in [0.5, 0.6) is 11.5 Å². The number of hydrogen-bond donors (Lipinski definition) is 2. The number of aliphatic carboxylic acids is 1. The number of carboxylic acid groups (broad SMARTS) is 1. The van der Waals surface area contributed by atoms with Crippen LogP contribution in [0.4, 0.5) is 11.4 Å². The molecular formula is C24H28ClN3O5. The topological polar surface area (TPSA) is 103 Å². The van der Waals surface area contributed by atoms with E-state index in [1.807, 2.05) is 0 Å². The van der Waals surface area contributed by atoms with E-state index >= 15 is 0 Å². The average Bonchev–Trinajstić information content (AvgIpc) is 2.75. The number of ether oxygens (including phenoxy) is 2. The largest absolute Gasteiger partial charge is 0.497 e. The van der Waals surface area contributed by atoms with Crippen molar-refractivity contribution in [1.29, 1.82) is 0 Å². The van der Waals surface area contributed by atoms with Crippen molar-refractivity contribution in [2.24, 2.45) is 17.3 Å². The Bertz CT molecular complexity index is 1150. The average molecular weight is 474 g/mol. The van der Waals surface area contributed by atoms with Gasteiger partial charge in [-0.25, -0.2) is 4.68 Å². The fraction of sp³-hybridized carbons (Fsp3) is 0.542. The van der Waals surface area contributed by atoms with Gasteiger partial charge in [0, 0.05) is 6.07 Å². The minimum atomic E-state index is -0.766. The fourth-order valence-electron chi connectivity index (χ4n) is 7.09. The van der Waals surface area contributed by atoms with Crippen molar-refractivity contribution in [2.75, 3.05) is 19.5 Å². The molecule has 9 heteroatoms. The van der Waals surface area contributed by atoms with Crippen LogP contribution in [0.25, 0.3) is 0 Å². The van der Waals surface area contributed by atoms with Crippen molar-refractivity contribution >= 4 is 28.9 Å². The van der Waals surface area contributed by atoms with E-state index in [0.717, 1.165) is 32.1 Å². The molecule has 0 amide bonds. The highest BCUT2D eigenvalue weighted by Crippen LogP contribution is 2.65. The first kappa shape index (κ1) is 22.1. The van der Waals surface area contributed by atoms with Gasteiger partial charge >= 0.3 is 5.97 Å². The first-order valence-corrected chi connectivity index (χ1v) is 11.6. The summed E-state index contributed by atoms with van der Waals surface area (Å²) in [4.78, 5) is 25.1. The maximum atomic E-state index is 13.5. The van der Waals surface area contributed by atoms with Gasteiger partial charge in [-0.1, -0.05) is 11.6 Å². The van der Waals surface area contributed by atoms with Gasteiger partial charge in [0.2, 0.25) is 0 Å². The maximum absolute atomic E-state index is 13.5. The molecule has 1 aromatic heterocycles. The summed E-state index contributed by atoms with van der Waals surface area (Å²) in [6.07, 6.45) is 7.06. The van der Waals surface area contributed by atoms with Crippen LogP contribution in [0, 0.1) is 17.3 Å². The summed E-state index contributed by atoms with van der Waals surface area (Å²) in [6, 6.07) is 5.30. The number of anilines is 2. The smallest absolute Gasteiger partial charge is 0.303 e. The van der Waals surface area contributed by atoms with E-state index in [-0.39, 0.29) is 22.4 Å². The minimum Gasteiger partial charge on any atom is -0.497 e. The highest BCUT2D eigenvalue weighted by molar-refractivity contribution is 6.33. The molecule has 0 saturated heterocycles. The zero-order valence-electron chi connectivity index (χ0n) is 18.8. The van der Waals surface area contributed by atoms with E-state index < -0.39 is 11.5 Å². The molecule has 1 heterocycles. The fourth-order valence-corrected chi connectivity index (χ4v) is 7.27. The summed E-state index contributed by atoms with van der Waals surface area (Å²) < 4.78 is 12.2. The molecule has 2 unspecified atom stereocenters. The number of hydrogen-bond acceptors (Lipinski definition) is 6. The van der Waals surface area contributed by atoms with Crippen LogP contribution in [0.15, 0.2) is 29.2 Å². The highest BCUT2D eigenvalue weighted by Gasteiger charge is 2.59. The van der Waals surface area contributed by atoms with Gasteiger partial charge in [-0.15, -0.1) is 0 Å². The standard InChI is InChI=1S/C24H28ClN3O5/c1-32-16-3-4-19(33-2)17(6-16)27-18-12-26-28(22(31)21(18)25)24-9-14-5-15(10-24)8-23(7-14,13-24)11-20(29)30/h3-4,6,12,14-15,27H,5,7-11,13H2,1-2H3,(H,29,30)/t14-,15+,23?,24?. The van der Waals surface area contributed by atoms with Gasteiger partial charge in [-0.2, -0.15) is 5.10 Å². The number of aromatic nitrogens is 2. The van der Waals surface area contributed by atoms with Crippen molar-refractivity contribution in [3.63, 3.8) is 0 Å². The van der Waals surface area contributed by atoms with Crippen LogP contribution in [0.2, 0.25) is 5.02 Å². The number of carboxylic acids is 1. The van der Waals surface area contributed by atoms with Crippen LogP contribution < -0.4 is 20.3 Å². The van der Waals surface area contributed by atoms with E-state index in [0.29, 0.717) is 41.1 Å². The normalized spacial score (nSPS) is 29.7. The second-order valence-electron chi connectivity index (χ2n) is 10.0. The second kappa shape index (κ2) is 7.94. The molecule has 4 aliphatic carbocycles. The lowest BCUT2D eigenvalue weighted by Crippen LogP contribution is -2.59. The molecule has 0 spiro atoms. The molecule has 6 rings (SSSR count). The third-order valence-corrected chi connectivity index (χ3v) is 8.09. The van der Waals surface area contributed by atoms with Gasteiger partial charge in [-0.3, -0.25) is 9.59 Å².